The summed E-state index contributed by atoms with van der Waals surface area (Å²) in [5.41, 5.74) is 4.76. The summed E-state index contributed by atoms with van der Waals surface area (Å²) in [7, 11) is -1.21. The van der Waals surface area contributed by atoms with E-state index in [0.717, 1.165) is 5.56 Å². The average Bonchev–Trinajstić information content (AvgIpc) is 2.97. The van der Waals surface area contributed by atoms with Crippen molar-refractivity contribution in [3.05, 3.63) is 59.7 Å². The van der Waals surface area contributed by atoms with E-state index in [-0.39, 0.29) is 41.5 Å². The van der Waals surface area contributed by atoms with Crippen molar-refractivity contribution in [2.45, 2.75) is 25.9 Å². The average molecular weight is 499 g/mol. The Kier molecular flexibility index (Phi) is 7.67. The number of rotatable bonds is 4. The maximum atomic E-state index is 11.6. The number of nitrogens with zero attached hydrogens (tertiary/aromatic N) is 1. The predicted octanol–water partition coefficient (Wildman–Crippen LogP) is 3.13. The molecule has 146 valence electrons. The van der Waals surface area contributed by atoms with E-state index in [1.165, 1.54) is 16.7 Å². The summed E-state index contributed by atoms with van der Waals surface area (Å²) < 4.78 is 23.2. The lowest BCUT2D eigenvalue weighted by atomic mass is 10.0. The van der Waals surface area contributed by atoms with E-state index in [1.807, 2.05) is 0 Å². The van der Waals surface area contributed by atoms with Gasteiger partial charge in [-0.25, -0.2) is 8.42 Å². The van der Waals surface area contributed by atoms with Crippen molar-refractivity contribution in [1.29, 1.82) is 0 Å². The number of hydrogen-bond acceptors (Lipinski definition) is 3. The van der Waals surface area contributed by atoms with Gasteiger partial charge in [-0.15, -0.1) is 24.0 Å². The molecule has 1 atom stereocenters. The molecule has 0 radical (unpaired) electrons. The molecule has 3 rings (SSSR count). The fourth-order valence-corrected chi connectivity index (χ4v) is 4.84. The zero-order valence-electron chi connectivity index (χ0n) is 15.6. The summed E-state index contributed by atoms with van der Waals surface area (Å²) in [6.45, 7) is 2.71. The molecule has 1 fully saturated rings. The molecule has 0 amide bonds. The second kappa shape index (κ2) is 9.54. The minimum atomic E-state index is -2.90. The number of halogens is 1. The van der Waals surface area contributed by atoms with Crippen LogP contribution in [0.25, 0.3) is 11.1 Å². The van der Waals surface area contributed by atoms with E-state index in [1.54, 1.807) is 7.05 Å². The first-order valence-electron chi connectivity index (χ1n) is 8.79. The topological polar surface area (TPSA) is 70.6 Å². The molecule has 0 aliphatic carbocycles. The molecule has 5 nitrogen and oxygen atoms in total. The minimum Gasteiger partial charge on any atom is -0.353 e. The number of guanidine groups is 1. The minimum absolute atomic E-state index is 0. The van der Waals surface area contributed by atoms with E-state index in [4.69, 9.17) is 0 Å². The number of aryl methyl sites for hydroxylation is 1. The van der Waals surface area contributed by atoms with E-state index < -0.39 is 9.84 Å². The van der Waals surface area contributed by atoms with Gasteiger partial charge in [0.25, 0.3) is 0 Å². The molecule has 0 aromatic heterocycles. The van der Waals surface area contributed by atoms with Crippen molar-refractivity contribution in [3.8, 4) is 11.1 Å². The number of aliphatic imine (C=N–C) groups is 1. The van der Waals surface area contributed by atoms with Crippen LogP contribution in [0.3, 0.4) is 0 Å². The van der Waals surface area contributed by atoms with Gasteiger partial charge in [-0.1, -0.05) is 48.0 Å². The zero-order valence-corrected chi connectivity index (χ0v) is 18.8. The van der Waals surface area contributed by atoms with Crippen molar-refractivity contribution in [2.24, 2.45) is 4.99 Å². The van der Waals surface area contributed by atoms with Gasteiger partial charge in [-0.2, -0.15) is 0 Å². The molecule has 1 aliphatic heterocycles. The van der Waals surface area contributed by atoms with Crippen LogP contribution in [-0.4, -0.2) is 39.0 Å². The molecule has 27 heavy (non-hydrogen) atoms. The highest BCUT2D eigenvalue weighted by Gasteiger charge is 2.28. The predicted molar refractivity (Wildman–Crippen MR) is 122 cm³/mol. The Morgan fingerprint density at radius 1 is 1.15 bits per heavy atom. The molecular weight excluding hydrogens is 473 g/mol. The molecular formula is C20H26IN3O2S. The van der Waals surface area contributed by atoms with Crippen molar-refractivity contribution >= 4 is 39.8 Å². The maximum Gasteiger partial charge on any atom is 0.191 e. The van der Waals surface area contributed by atoms with Crippen LogP contribution >= 0.6 is 24.0 Å². The standard InChI is InChI=1S/C20H25N3O2S.HI/c1-15-5-3-7-17(11-15)18-8-4-6-16(12-18)13-22-20(21-2)23-19-9-10-26(24,25)14-19;/h3-8,11-12,19H,9-10,13-14H2,1-2H3,(H2,21,22,23);1H. The molecule has 7 heteroatoms. The summed E-state index contributed by atoms with van der Waals surface area (Å²) >= 11 is 0. The molecule has 1 saturated heterocycles. The highest BCUT2D eigenvalue weighted by atomic mass is 127. The van der Waals surface area contributed by atoms with Crippen LogP contribution < -0.4 is 10.6 Å². The summed E-state index contributed by atoms with van der Waals surface area (Å²) in [6.07, 6.45) is 0.631. The second-order valence-corrected chi connectivity index (χ2v) is 8.97. The Bertz CT molecular complexity index is 913. The van der Waals surface area contributed by atoms with E-state index in [2.05, 4.69) is 71.1 Å². The van der Waals surface area contributed by atoms with E-state index in [0.29, 0.717) is 18.9 Å². The van der Waals surface area contributed by atoms with Gasteiger partial charge < -0.3 is 10.6 Å². The first-order valence-corrected chi connectivity index (χ1v) is 10.6. The van der Waals surface area contributed by atoms with Crippen molar-refractivity contribution in [2.75, 3.05) is 18.6 Å². The Hall–Kier alpha value is -1.61. The third-order valence-electron chi connectivity index (χ3n) is 4.54. The third kappa shape index (κ3) is 6.21. The SMILES string of the molecule is CN=C(NCc1cccc(-c2cccc(C)c2)c1)NC1CCS(=O)(=O)C1.I. The van der Waals surface area contributed by atoms with Gasteiger partial charge in [-0.05, 0) is 36.1 Å². The number of sulfone groups is 1. The highest BCUT2D eigenvalue weighted by Crippen LogP contribution is 2.21. The zero-order chi connectivity index (χ0) is 18.6. The Morgan fingerprint density at radius 3 is 2.48 bits per heavy atom. The Balaban J connectivity index is 0.00000261. The summed E-state index contributed by atoms with van der Waals surface area (Å²) in [6, 6.07) is 16.8. The van der Waals surface area contributed by atoms with E-state index >= 15 is 0 Å². The Labute approximate surface area is 178 Å². The quantitative estimate of drug-likeness (QED) is 0.386. The van der Waals surface area contributed by atoms with Gasteiger partial charge in [0.1, 0.15) is 0 Å². The molecule has 2 aromatic carbocycles. The van der Waals surface area contributed by atoms with Gasteiger partial charge >= 0.3 is 0 Å². The monoisotopic (exact) mass is 499 g/mol. The molecule has 1 aliphatic rings. The van der Waals surface area contributed by atoms with E-state index in [9.17, 15) is 8.42 Å². The van der Waals surface area contributed by atoms with Gasteiger partial charge in [-0.3, -0.25) is 4.99 Å². The first kappa shape index (κ1) is 21.7. The van der Waals surface area contributed by atoms with Crippen LogP contribution in [0.2, 0.25) is 0 Å². The van der Waals surface area contributed by atoms with Crippen molar-refractivity contribution < 1.29 is 8.42 Å². The van der Waals surface area contributed by atoms with Crippen LogP contribution in [0.4, 0.5) is 0 Å². The lowest BCUT2D eigenvalue weighted by molar-refractivity contribution is 0.599. The molecule has 2 aromatic rings. The van der Waals surface area contributed by atoms with Crippen LogP contribution in [0.5, 0.6) is 0 Å². The highest BCUT2D eigenvalue weighted by molar-refractivity contribution is 14.0. The molecule has 1 heterocycles. The first-order chi connectivity index (χ1) is 12.4. The van der Waals surface area contributed by atoms with Crippen LogP contribution in [-0.2, 0) is 16.4 Å². The second-order valence-electron chi connectivity index (χ2n) is 6.74. The fraction of sp³-hybridized carbons (Fsp3) is 0.350. The summed E-state index contributed by atoms with van der Waals surface area (Å²) in [4.78, 5) is 4.21. The number of nitrogens with one attached hydrogen (secondary N) is 2. The molecule has 2 N–H and O–H groups in total. The van der Waals surface area contributed by atoms with Crippen LogP contribution in [0.1, 0.15) is 17.5 Å². The van der Waals surface area contributed by atoms with Gasteiger partial charge in [0.05, 0.1) is 11.5 Å². The van der Waals surface area contributed by atoms with Crippen LogP contribution in [0.15, 0.2) is 53.5 Å². The fourth-order valence-electron chi connectivity index (χ4n) is 3.17. The molecule has 1 unspecified atom stereocenters. The smallest absolute Gasteiger partial charge is 0.191 e. The van der Waals surface area contributed by atoms with Crippen molar-refractivity contribution in [1.82, 2.24) is 10.6 Å². The molecule has 0 saturated carbocycles. The summed E-state index contributed by atoms with van der Waals surface area (Å²) in [5, 5.41) is 6.48. The lowest BCUT2D eigenvalue weighted by Crippen LogP contribution is -2.43. The number of benzene rings is 2. The van der Waals surface area contributed by atoms with Gasteiger partial charge in [0.15, 0.2) is 15.8 Å². The number of hydrogen-bond donors (Lipinski definition) is 2. The lowest BCUT2D eigenvalue weighted by Gasteiger charge is -2.16. The van der Waals surface area contributed by atoms with Crippen molar-refractivity contribution in [3.63, 3.8) is 0 Å². The van der Waals surface area contributed by atoms with Gasteiger partial charge in [0.2, 0.25) is 0 Å². The Morgan fingerprint density at radius 2 is 1.85 bits per heavy atom. The summed E-state index contributed by atoms with van der Waals surface area (Å²) in [5.74, 6) is 1.06. The third-order valence-corrected chi connectivity index (χ3v) is 6.30. The normalized spacial score (nSPS) is 18.6. The van der Waals surface area contributed by atoms with Crippen LogP contribution in [0, 0.1) is 6.92 Å². The molecule has 0 bridgehead atoms. The van der Waals surface area contributed by atoms with Gasteiger partial charge in [0, 0.05) is 19.6 Å². The largest absolute Gasteiger partial charge is 0.353 e. The maximum absolute atomic E-state index is 11.6. The molecule has 0 spiro atoms.